The summed E-state index contributed by atoms with van der Waals surface area (Å²) < 4.78 is 0. The Labute approximate surface area is 76.4 Å². The fourth-order valence-electron chi connectivity index (χ4n) is 0.843. The van der Waals surface area contributed by atoms with Crippen molar-refractivity contribution in [2.24, 2.45) is 5.84 Å². The van der Waals surface area contributed by atoms with Gasteiger partial charge in [-0.05, 0) is 5.92 Å². The molecule has 5 nitrogen and oxygen atoms in total. The lowest BCUT2D eigenvalue weighted by atomic mass is 10.1. The predicted molar refractivity (Wildman–Crippen MR) is 47.8 cm³/mol. The van der Waals surface area contributed by atoms with Crippen LogP contribution in [0.1, 0.15) is 35.9 Å². The molecule has 0 radical (unpaired) electrons. The van der Waals surface area contributed by atoms with Crippen LogP contribution in [0, 0.1) is 0 Å². The third-order valence-corrected chi connectivity index (χ3v) is 1.61. The van der Waals surface area contributed by atoms with E-state index in [-0.39, 0.29) is 11.6 Å². The molecular formula is C8H12N4O. The molecule has 0 spiro atoms. The molecule has 0 saturated carbocycles. The molecule has 1 aromatic rings. The first-order valence-corrected chi connectivity index (χ1v) is 3.98. The molecule has 0 aliphatic carbocycles. The lowest BCUT2D eigenvalue weighted by Crippen LogP contribution is -2.31. The van der Waals surface area contributed by atoms with Crippen LogP contribution >= 0.6 is 0 Å². The average molecular weight is 180 g/mol. The summed E-state index contributed by atoms with van der Waals surface area (Å²) in [6, 6.07) is 0. The lowest BCUT2D eigenvalue weighted by Gasteiger charge is -2.04. The fraction of sp³-hybridized carbons (Fsp3) is 0.375. The molecule has 70 valence electrons. The zero-order valence-electron chi connectivity index (χ0n) is 7.61. The van der Waals surface area contributed by atoms with Crippen molar-refractivity contribution in [3.63, 3.8) is 0 Å². The lowest BCUT2D eigenvalue weighted by molar-refractivity contribution is 0.0948. The molecule has 0 saturated heterocycles. The molecule has 3 N–H and O–H groups in total. The Morgan fingerprint density at radius 2 is 2.23 bits per heavy atom. The maximum absolute atomic E-state index is 11.0. The minimum Gasteiger partial charge on any atom is -0.289 e. The molecule has 1 heterocycles. The third kappa shape index (κ3) is 2.22. The summed E-state index contributed by atoms with van der Waals surface area (Å²) in [7, 11) is 0. The first-order valence-electron chi connectivity index (χ1n) is 3.98. The van der Waals surface area contributed by atoms with Crippen molar-refractivity contribution in [2.45, 2.75) is 19.8 Å². The van der Waals surface area contributed by atoms with Crippen molar-refractivity contribution in [1.29, 1.82) is 0 Å². The standard InChI is InChI=1S/C8H12N4O/c1-5(2)6-3-10-4-7(11-6)8(13)12-9/h3-5H,9H2,1-2H3,(H,12,13). The summed E-state index contributed by atoms with van der Waals surface area (Å²) in [5, 5.41) is 0. The highest BCUT2D eigenvalue weighted by Gasteiger charge is 2.08. The maximum Gasteiger partial charge on any atom is 0.285 e. The van der Waals surface area contributed by atoms with Gasteiger partial charge < -0.3 is 0 Å². The smallest absolute Gasteiger partial charge is 0.285 e. The Morgan fingerprint density at radius 1 is 1.54 bits per heavy atom. The molecule has 1 aromatic heterocycles. The predicted octanol–water partition coefficient (Wildman–Crippen LogP) is 0.203. The van der Waals surface area contributed by atoms with Gasteiger partial charge in [-0.25, -0.2) is 10.8 Å². The monoisotopic (exact) mass is 180 g/mol. The Morgan fingerprint density at radius 3 is 2.77 bits per heavy atom. The summed E-state index contributed by atoms with van der Waals surface area (Å²) in [6.45, 7) is 3.96. The van der Waals surface area contributed by atoms with E-state index in [9.17, 15) is 4.79 Å². The van der Waals surface area contributed by atoms with Gasteiger partial charge in [0.15, 0.2) is 0 Å². The van der Waals surface area contributed by atoms with Gasteiger partial charge in [0.05, 0.1) is 11.9 Å². The van der Waals surface area contributed by atoms with Gasteiger partial charge in [-0.2, -0.15) is 0 Å². The van der Waals surface area contributed by atoms with Crippen LogP contribution in [-0.4, -0.2) is 15.9 Å². The molecule has 1 amide bonds. The Kier molecular flexibility index (Phi) is 2.92. The Balaban J connectivity index is 2.98. The molecular weight excluding hydrogens is 168 g/mol. The highest BCUT2D eigenvalue weighted by molar-refractivity contribution is 5.91. The van der Waals surface area contributed by atoms with Crippen molar-refractivity contribution in [1.82, 2.24) is 15.4 Å². The molecule has 0 aliphatic rings. The number of rotatable bonds is 2. The summed E-state index contributed by atoms with van der Waals surface area (Å²) in [5.74, 6) is 4.79. The number of aromatic nitrogens is 2. The van der Waals surface area contributed by atoms with E-state index in [2.05, 4.69) is 9.97 Å². The number of hydrogen-bond donors (Lipinski definition) is 2. The van der Waals surface area contributed by atoms with Crippen LogP contribution in [-0.2, 0) is 0 Å². The molecule has 0 aromatic carbocycles. The molecule has 0 unspecified atom stereocenters. The highest BCUT2D eigenvalue weighted by Crippen LogP contribution is 2.09. The van der Waals surface area contributed by atoms with Gasteiger partial charge in [-0.15, -0.1) is 0 Å². The van der Waals surface area contributed by atoms with E-state index in [1.165, 1.54) is 6.20 Å². The maximum atomic E-state index is 11.0. The second kappa shape index (κ2) is 3.95. The van der Waals surface area contributed by atoms with Crippen LogP contribution in [0.15, 0.2) is 12.4 Å². The van der Waals surface area contributed by atoms with Gasteiger partial charge in [0.2, 0.25) is 0 Å². The van der Waals surface area contributed by atoms with E-state index < -0.39 is 5.91 Å². The number of nitrogens with one attached hydrogen (secondary N) is 1. The fourth-order valence-corrected chi connectivity index (χ4v) is 0.843. The molecule has 5 heteroatoms. The van der Waals surface area contributed by atoms with Crippen LogP contribution in [0.5, 0.6) is 0 Å². The second-order valence-corrected chi connectivity index (χ2v) is 2.96. The number of hydrogen-bond acceptors (Lipinski definition) is 4. The normalized spacial score (nSPS) is 10.2. The molecule has 0 atom stereocenters. The van der Waals surface area contributed by atoms with Gasteiger partial charge in [0.25, 0.3) is 5.91 Å². The van der Waals surface area contributed by atoms with E-state index >= 15 is 0 Å². The number of amides is 1. The van der Waals surface area contributed by atoms with Crippen molar-refractivity contribution < 1.29 is 4.79 Å². The summed E-state index contributed by atoms with van der Waals surface area (Å²) in [6.07, 6.45) is 3.02. The Bertz CT molecular complexity index is 311. The van der Waals surface area contributed by atoms with Gasteiger partial charge >= 0.3 is 0 Å². The van der Waals surface area contributed by atoms with Crippen molar-refractivity contribution in [3.05, 3.63) is 23.8 Å². The Hall–Kier alpha value is -1.49. The molecule has 1 rings (SSSR count). The minimum atomic E-state index is -0.421. The van der Waals surface area contributed by atoms with Crippen molar-refractivity contribution >= 4 is 5.91 Å². The van der Waals surface area contributed by atoms with Gasteiger partial charge in [0.1, 0.15) is 5.69 Å². The number of nitrogen functional groups attached to an aromatic ring is 1. The van der Waals surface area contributed by atoms with Crippen LogP contribution in [0.4, 0.5) is 0 Å². The largest absolute Gasteiger partial charge is 0.289 e. The number of nitrogens with two attached hydrogens (primary N) is 1. The van der Waals surface area contributed by atoms with Crippen molar-refractivity contribution in [2.75, 3.05) is 0 Å². The van der Waals surface area contributed by atoms with Crippen molar-refractivity contribution in [3.8, 4) is 0 Å². The number of carbonyl (C=O) groups excluding carboxylic acids is 1. The first-order chi connectivity index (χ1) is 6.15. The van der Waals surface area contributed by atoms with E-state index in [1.807, 2.05) is 19.3 Å². The van der Waals surface area contributed by atoms with Crippen LogP contribution < -0.4 is 11.3 Å². The quantitative estimate of drug-likeness (QED) is 0.387. The van der Waals surface area contributed by atoms with Gasteiger partial charge in [-0.3, -0.25) is 15.2 Å². The topological polar surface area (TPSA) is 80.9 Å². The number of carbonyl (C=O) groups is 1. The SMILES string of the molecule is CC(C)c1cncc(C(=O)NN)n1. The molecule has 0 bridgehead atoms. The van der Waals surface area contributed by atoms with Crippen LogP contribution in [0.2, 0.25) is 0 Å². The third-order valence-electron chi connectivity index (χ3n) is 1.61. The first kappa shape index (κ1) is 9.60. The van der Waals surface area contributed by atoms with E-state index in [0.29, 0.717) is 0 Å². The molecule has 0 aliphatic heterocycles. The van der Waals surface area contributed by atoms with Crippen LogP contribution in [0.3, 0.4) is 0 Å². The zero-order chi connectivity index (χ0) is 9.84. The van der Waals surface area contributed by atoms with E-state index in [4.69, 9.17) is 5.84 Å². The second-order valence-electron chi connectivity index (χ2n) is 2.96. The molecule has 0 fully saturated rings. The zero-order valence-corrected chi connectivity index (χ0v) is 7.61. The summed E-state index contributed by atoms with van der Waals surface area (Å²) in [4.78, 5) is 19.0. The van der Waals surface area contributed by atoms with E-state index in [1.54, 1.807) is 6.20 Å². The van der Waals surface area contributed by atoms with Gasteiger partial charge in [0, 0.05) is 6.20 Å². The van der Waals surface area contributed by atoms with E-state index in [0.717, 1.165) is 5.69 Å². The molecule has 13 heavy (non-hydrogen) atoms. The highest BCUT2D eigenvalue weighted by atomic mass is 16.2. The minimum absolute atomic E-state index is 0.244. The van der Waals surface area contributed by atoms with Gasteiger partial charge in [-0.1, -0.05) is 13.8 Å². The number of hydrazine groups is 1. The summed E-state index contributed by atoms with van der Waals surface area (Å²) >= 11 is 0. The number of nitrogens with zero attached hydrogens (tertiary/aromatic N) is 2. The summed E-state index contributed by atoms with van der Waals surface area (Å²) in [5.41, 5.74) is 3.03. The van der Waals surface area contributed by atoms with Crippen LogP contribution in [0.25, 0.3) is 0 Å². The average Bonchev–Trinajstić information content (AvgIpc) is 2.17.